The highest BCUT2D eigenvalue weighted by Gasteiger charge is 2.47. The number of benzene rings is 1. The maximum Gasteiger partial charge on any atom is 0.143 e. The van der Waals surface area contributed by atoms with Gasteiger partial charge in [0.25, 0.3) is 0 Å². The van der Waals surface area contributed by atoms with Gasteiger partial charge in [-0.3, -0.25) is 4.79 Å². The average Bonchev–Trinajstić information content (AvgIpc) is 2.49. The number of nitrogens with zero attached hydrogens (tertiary/aromatic N) is 1. The zero-order valence-electron chi connectivity index (χ0n) is 14.1. The summed E-state index contributed by atoms with van der Waals surface area (Å²) in [6.07, 6.45) is 6.61. The highest BCUT2D eigenvalue weighted by Crippen LogP contribution is 2.50. The summed E-state index contributed by atoms with van der Waals surface area (Å²) in [6.45, 7) is 6.64. The molecule has 0 spiro atoms. The van der Waals surface area contributed by atoms with Crippen LogP contribution in [-0.4, -0.2) is 5.78 Å². The third kappa shape index (κ3) is 3.40. The molecule has 0 aromatic heterocycles. The lowest BCUT2D eigenvalue weighted by Gasteiger charge is -2.46. The van der Waals surface area contributed by atoms with Crippen molar-refractivity contribution >= 4 is 5.78 Å². The lowest BCUT2D eigenvalue weighted by atomic mass is 9.56. The van der Waals surface area contributed by atoms with Crippen LogP contribution in [0.5, 0.6) is 0 Å². The molecule has 0 N–H and O–H groups in total. The molecule has 2 heteroatoms. The van der Waals surface area contributed by atoms with E-state index in [-0.39, 0.29) is 10.8 Å². The van der Waals surface area contributed by atoms with E-state index in [1.54, 1.807) is 0 Å². The fraction of sp³-hybridized carbons (Fsp3) is 0.600. The maximum atomic E-state index is 13.1. The van der Waals surface area contributed by atoms with Crippen LogP contribution in [0.25, 0.3) is 0 Å². The van der Waals surface area contributed by atoms with Gasteiger partial charge >= 0.3 is 0 Å². The highest BCUT2D eigenvalue weighted by molar-refractivity contribution is 5.87. The van der Waals surface area contributed by atoms with Crippen LogP contribution in [0.4, 0.5) is 0 Å². The Bertz CT molecular complexity index is 551. The Morgan fingerprint density at radius 1 is 1.09 bits per heavy atom. The largest absolute Gasteiger partial charge is 0.299 e. The first-order valence-electron chi connectivity index (χ1n) is 8.37. The van der Waals surface area contributed by atoms with E-state index in [4.69, 9.17) is 5.26 Å². The molecule has 0 aliphatic heterocycles. The van der Waals surface area contributed by atoms with Crippen LogP contribution < -0.4 is 0 Å². The van der Waals surface area contributed by atoms with Crippen molar-refractivity contribution in [3.8, 4) is 6.07 Å². The summed E-state index contributed by atoms with van der Waals surface area (Å²) in [5, 5.41) is 8.72. The molecule has 2 nitrogen and oxygen atoms in total. The fourth-order valence-corrected chi connectivity index (χ4v) is 3.82. The predicted octanol–water partition coefficient (Wildman–Crippen LogP) is 4.86. The number of ketones is 1. The van der Waals surface area contributed by atoms with Crippen LogP contribution >= 0.6 is 0 Å². The first-order chi connectivity index (χ1) is 10.4. The lowest BCUT2D eigenvalue weighted by molar-refractivity contribution is -0.137. The van der Waals surface area contributed by atoms with E-state index in [2.05, 4.69) is 26.8 Å². The number of hydrogen-bond acceptors (Lipinski definition) is 2. The predicted molar refractivity (Wildman–Crippen MR) is 89.4 cm³/mol. The van der Waals surface area contributed by atoms with Gasteiger partial charge in [-0.15, -0.1) is 0 Å². The standard InChI is InChI=1S/C20H27NO/c1-19(2,3)20(12-5-4-6-13-20)18(22)15-17-9-7-16(8-10-17)11-14-21/h7-10H,4-6,11-13,15H2,1-3H3. The molecule has 0 radical (unpaired) electrons. The van der Waals surface area contributed by atoms with Gasteiger partial charge in [-0.25, -0.2) is 0 Å². The molecule has 0 bridgehead atoms. The summed E-state index contributed by atoms with van der Waals surface area (Å²) in [5.41, 5.74) is 1.93. The smallest absolute Gasteiger partial charge is 0.143 e. The summed E-state index contributed by atoms with van der Waals surface area (Å²) in [4.78, 5) is 13.1. The molecule has 22 heavy (non-hydrogen) atoms. The van der Waals surface area contributed by atoms with Crippen molar-refractivity contribution < 1.29 is 4.79 Å². The summed E-state index contributed by atoms with van der Waals surface area (Å²) >= 11 is 0. The van der Waals surface area contributed by atoms with Crippen LogP contribution in [-0.2, 0) is 17.6 Å². The van der Waals surface area contributed by atoms with Crippen molar-refractivity contribution in [3.63, 3.8) is 0 Å². The van der Waals surface area contributed by atoms with E-state index >= 15 is 0 Å². The van der Waals surface area contributed by atoms with E-state index in [0.717, 1.165) is 24.0 Å². The van der Waals surface area contributed by atoms with E-state index in [1.165, 1.54) is 19.3 Å². The van der Waals surface area contributed by atoms with Crippen LogP contribution in [0.3, 0.4) is 0 Å². The summed E-state index contributed by atoms with van der Waals surface area (Å²) in [6, 6.07) is 10.1. The second kappa shape index (κ2) is 6.65. The Balaban J connectivity index is 2.16. The third-order valence-electron chi connectivity index (χ3n) is 5.35. The molecule has 0 heterocycles. The van der Waals surface area contributed by atoms with Crippen molar-refractivity contribution in [1.29, 1.82) is 5.26 Å². The number of carbonyl (C=O) groups excluding carboxylic acids is 1. The fourth-order valence-electron chi connectivity index (χ4n) is 3.82. The second-order valence-electron chi connectivity index (χ2n) is 7.64. The molecule has 1 saturated carbocycles. The van der Waals surface area contributed by atoms with Crippen LogP contribution in [0, 0.1) is 22.2 Å². The molecule has 1 aromatic rings. The molecule has 118 valence electrons. The molecular formula is C20H27NO. The molecule has 1 aliphatic rings. The van der Waals surface area contributed by atoms with Gasteiger partial charge < -0.3 is 0 Å². The van der Waals surface area contributed by atoms with Crippen LogP contribution in [0.1, 0.15) is 64.0 Å². The normalized spacial score (nSPS) is 17.7. The first-order valence-corrected chi connectivity index (χ1v) is 8.37. The van der Waals surface area contributed by atoms with Gasteiger partial charge in [0.1, 0.15) is 5.78 Å². The molecule has 0 amide bonds. The summed E-state index contributed by atoms with van der Waals surface area (Å²) < 4.78 is 0. The summed E-state index contributed by atoms with van der Waals surface area (Å²) in [7, 11) is 0. The topological polar surface area (TPSA) is 40.9 Å². The zero-order chi connectivity index (χ0) is 16.2. The molecule has 1 aliphatic carbocycles. The van der Waals surface area contributed by atoms with Crippen molar-refractivity contribution in [2.75, 3.05) is 0 Å². The van der Waals surface area contributed by atoms with E-state index in [9.17, 15) is 4.79 Å². The number of rotatable bonds is 4. The van der Waals surface area contributed by atoms with Gasteiger partial charge in [0, 0.05) is 11.8 Å². The monoisotopic (exact) mass is 297 g/mol. The molecule has 0 atom stereocenters. The Hall–Kier alpha value is -1.62. The first kappa shape index (κ1) is 16.7. The van der Waals surface area contributed by atoms with Gasteiger partial charge in [0.05, 0.1) is 12.5 Å². The van der Waals surface area contributed by atoms with Gasteiger partial charge in [0.2, 0.25) is 0 Å². The maximum absolute atomic E-state index is 13.1. The van der Waals surface area contributed by atoms with E-state index < -0.39 is 0 Å². The lowest BCUT2D eigenvalue weighted by Crippen LogP contribution is -2.45. The van der Waals surface area contributed by atoms with Crippen LogP contribution in [0.2, 0.25) is 0 Å². The van der Waals surface area contributed by atoms with Gasteiger partial charge in [-0.05, 0) is 29.4 Å². The SMILES string of the molecule is CC(C)(C)C1(C(=O)Cc2ccc(CC#N)cc2)CCCCC1. The Kier molecular flexibility index (Phi) is 5.06. The highest BCUT2D eigenvalue weighted by atomic mass is 16.1. The van der Waals surface area contributed by atoms with Gasteiger partial charge in [0.15, 0.2) is 0 Å². The molecule has 2 rings (SSSR count). The van der Waals surface area contributed by atoms with Crippen molar-refractivity contribution in [1.82, 2.24) is 0 Å². The molecular weight excluding hydrogens is 270 g/mol. The van der Waals surface area contributed by atoms with Gasteiger partial charge in [-0.1, -0.05) is 64.3 Å². The second-order valence-corrected chi connectivity index (χ2v) is 7.64. The Morgan fingerprint density at radius 3 is 2.14 bits per heavy atom. The van der Waals surface area contributed by atoms with Crippen molar-refractivity contribution in [2.45, 2.75) is 65.7 Å². The van der Waals surface area contributed by atoms with Crippen LogP contribution in [0.15, 0.2) is 24.3 Å². The van der Waals surface area contributed by atoms with Gasteiger partial charge in [-0.2, -0.15) is 5.26 Å². The Labute approximate surface area is 134 Å². The zero-order valence-corrected chi connectivity index (χ0v) is 14.1. The summed E-state index contributed by atoms with van der Waals surface area (Å²) in [5.74, 6) is 0.396. The quantitative estimate of drug-likeness (QED) is 0.796. The van der Waals surface area contributed by atoms with Crippen molar-refractivity contribution in [2.24, 2.45) is 10.8 Å². The van der Waals surface area contributed by atoms with E-state index in [1.807, 2.05) is 24.3 Å². The van der Waals surface area contributed by atoms with E-state index in [0.29, 0.717) is 18.6 Å². The minimum atomic E-state index is -0.170. The third-order valence-corrected chi connectivity index (χ3v) is 5.35. The number of nitriles is 1. The number of carbonyl (C=O) groups is 1. The average molecular weight is 297 g/mol. The molecule has 0 saturated heterocycles. The number of hydrogen-bond donors (Lipinski definition) is 0. The molecule has 1 fully saturated rings. The Morgan fingerprint density at radius 2 is 1.64 bits per heavy atom. The molecule has 0 unspecified atom stereocenters. The molecule has 1 aromatic carbocycles. The number of Topliss-reactive ketones (excluding diaryl/α,β-unsaturated/α-hetero) is 1. The van der Waals surface area contributed by atoms with Crippen molar-refractivity contribution in [3.05, 3.63) is 35.4 Å². The minimum Gasteiger partial charge on any atom is -0.299 e. The minimum absolute atomic E-state index is 0.0191.